The third-order valence-electron chi connectivity index (χ3n) is 4.49. The number of likely N-dealkylation sites (N-methyl/N-ethyl adjacent to an activating group) is 1. The lowest BCUT2D eigenvalue weighted by Crippen LogP contribution is -2.44. The van der Waals surface area contributed by atoms with Crippen LogP contribution in [0.5, 0.6) is 0 Å². The molecule has 8 heteroatoms. The van der Waals surface area contributed by atoms with Gasteiger partial charge in [-0.25, -0.2) is 0 Å². The van der Waals surface area contributed by atoms with Gasteiger partial charge in [0.25, 0.3) is 0 Å². The van der Waals surface area contributed by atoms with Crippen LogP contribution in [-0.2, 0) is 11.3 Å². The molecule has 152 valence electrons. The third kappa shape index (κ3) is 8.17. The number of aliphatic imine (C=N–C) groups is 1. The van der Waals surface area contributed by atoms with Crippen LogP contribution < -0.4 is 5.32 Å². The van der Waals surface area contributed by atoms with Crippen molar-refractivity contribution in [1.82, 2.24) is 15.1 Å². The van der Waals surface area contributed by atoms with E-state index in [1.165, 1.54) is 11.9 Å². The number of halogens is 3. The second-order valence-electron chi connectivity index (χ2n) is 6.93. The Balaban J connectivity index is 1.66. The van der Waals surface area contributed by atoms with Crippen LogP contribution in [0, 0.1) is 5.92 Å². The highest BCUT2D eigenvalue weighted by atomic mass is 19.4. The second-order valence-corrected chi connectivity index (χ2v) is 6.93. The van der Waals surface area contributed by atoms with Crippen LogP contribution in [0.4, 0.5) is 13.2 Å². The molecule has 1 saturated heterocycles. The van der Waals surface area contributed by atoms with E-state index in [4.69, 9.17) is 4.74 Å². The first-order valence-electron chi connectivity index (χ1n) is 9.20. The summed E-state index contributed by atoms with van der Waals surface area (Å²) in [7, 11) is 3.16. The Kier molecular flexibility index (Phi) is 8.37. The average molecular weight is 386 g/mol. The summed E-state index contributed by atoms with van der Waals surface area (Å²) in [6.07, 6.45) is -3.15. The lowest BCUT2D eigenvalue weighted by atomic mass is 10.1. The van der Waals surface area contributed by atoms with Crippen molar-refractivity contribution in [2.75, 3.05) is 53.4 Å². The highest BCUT2D eigenvalue weighted by molar-refractivity contribution is 5.80. The van der Waals surface area contributed by atoms with Gasteiger partial charge >= 0.3 is 6.18 Å². The minimum atomic E-state index is -4.17. The summed E-state index contributed by atoms with van der Waals surface area (Å²) < 4.78 is 42.9. The summed E-state index contributed by atoms with van der Waals surface area (Å²) in [5, 5.41) is 3.16. The maximum absolute atomic E-state index is 12.4. The first kappa shape index (κ1) is 21.5. The first-order valence-corrected chi connectivity index (χ1v) is 9.20. The Morgan fingerprint density at radius 2 is 2.07 bits per heavy atom. The van der Waals surface area contributed by atoms with Crippen LogP contribution in [-0.4, -0.2) is 75.4 Å². The molecule has 27 heavy (non-hydrogen) atoms. The fourth-order valence-corrected chi connectivity index (χ4v) is 3.15. The number of ether oxygens (including phenoxy) is 1. The third-order valence-corrected chi connectivity index (χ3v) is 4.49. The van der Waals surface area contributed by atoms with Gasteiger partial charge in [-0.3, -0.25) is 9.89 Å². The van der Waals surface area contributed by atoms with Gasteiger partial charge in [-0.1, -0.05) is 30.3 Å². The number of guanidine groups is 1. The van der Waals surface area contributed by atoms with Crippen molar-refractivity contribution in [2.45, 2.75) is 19.2 Å². The van der Waals surface area contributed by atoms with E-state index >= 15 is 0 Å². The minimum absolute atomic E-state index is 0.302. The Bertz CT molecular complexity index is 580. The van der Waals surface area contributed by atoms with Gasteiger partial charge in [-0.2, -0.15) is 13.2 Å². The first-order chi connectivity index (χ1) is 12.9. The van der Waals surface area contributed by atoms with Crippen molar-refractivity contribution in [2.24, 2.45) is 10.9 Å². The van der Waals surface area contributed by atoms with E-state index in [1.54, 1.807) is 7.05 Å². The molecule has 1 heterocycles. The molecule has 1 unspecified atom stereocenters. The van der Waals surface area contributed by atoms with Gasteiger partial charge in [0.2, 0.25) is 0 Å². The van der Waals surface area contributed by atoms with Gasteiger partial charge < -0.3 is 15.0 Å². The van der Waals surface area contributed by atoms with Crippen LogP contribution in [0.2, 0.25) is 0 Å². The van der Waals surface area contributed by atoms with Crippen molar-refractivity contribution < 1.29 is 17.9 Å². The van der Waals surface area contributed by atoms with Crippen LogP contribution in [0.15, 0.2) is 35.3 Å². The van der Waals surface area contributed by atoms with Crippen molar-refractivity contribution in [3.8, 4) is 0 Å². The van der Waals surface area contributed by atoms with Crippen molar-refractivity contribution >= 4 is 5.96 Å². The molecule has 1 aliphatic rings. The maximum atomic E-state index is 12.4. The summed E-state index contributed by atoms with van der Waals surface area (Å²) in [4.78, 5) is 7.65. The van der Waals surface area contributed by atoms with E-state index < -0.39 is 12.7 Å². The number of benzene rings is 1. The number of likely N-dealkylation sites (tertiary alicyclic amines) is 1. The van der Waals surface area contributed by atoms with Crippen molar-refractivity contribution in [3.63, 3.8) is 0 Å². The number of alkyl halides is 3. The van der Waals surface area contributed by atoms with E-state index in [9.17, 15) is 13.2 Å². The van der Waals surface area contributed by atoms with E-state index in [0.717, 1.165) is 31.0 Å². The Morgan fingerprint density at radius 3 is 2.74 bits per heavy atom. The normalized spacial score (nSPS) is 18.4. The summed E-state index contributed by atoms with van der Waals surface area (Å²) in [6, 6.07) is 10.1. The zero-order valence-corrected chi connectivity index (χ0v) is 16.0. The summed E-state index contributed by atoms with van der Waals surface area (Å²) in [5.74, 6) is 1.17. The zero-order chi connectivity index (χ0) is 19.7. The molecule has 0 amide bonds. The Hall–Kier alpha value is -1.80. The van der Waals surface area contributed by atoms with Crippen molar-refractivity contribution in [1.29, 1.82) is 0 Å². The van der Waals surface area contributed by atoms with E-state index in [1.807, 2.05) is 30.3 Å². The zero-order valence-electron chi connectivity index (χ0n) is 16.0. The lowest BCUT2D eigenvalue weighted by molar-refractivity contribution is -0.142. The predicted octanol–water partition coefficient (Wildman–Crippen LogP) is 2.59. The molecule has 1 N–H and O–H groups in total. The molecule has 1 atom stereocenters. The fourth-order valence-electron chi connectivity index (χ4n) is 3.15. The summed E-state index contributed by atoms with van der Waals surface area (Å²) >= 11 is 0. The van der Waals surface area contributed by atoms with Crippen LogP contribution in [0.25, 0.3) is 0 Å². The van der Waals surface area contributed by atoms with Gasteiger partial charge in [0.15, 0.2) is 5.96 Å². The van der Waals surface area contributed by atoms with E-state index in [2.05, 4.69) is 15.2 Å². The molecule has 0 radical (unpaired) electrons. The topological polar surface area (TPSA) is 40.1 Å². The molecule has 0 saturated carbocycles. The fraction of sp³-hybridized carbons (Fsp3) is 0.632. The summed E-state index contributed by atoms with van der Waals surface area (Å²) in [5.41, 5.74) is 1.16. The van der Waals surface area contributed by atoms with E-state index in [0.29, 0.717) is 32.2 Å². The van der Waals surface area contributed by atoms with Crippen LogP contribution in [0.3, 0.4) is 0 Å². The quantitative estimate of drug-likeness (QED) is 0.551. The highest BCUT2D eigenvalue weighted by Gasteiger charge is 2.29. The number of nitrogens with zero attached hydrogens (tertiary/aromatic N) is 3. The molecule has 0 aliphatic carbocycles. The monoisotopic (exact) mass is 386 g/mol. The molecule has 1 aromatic carbocycles. The Morgan fingerprint density at radius 1 is 1.33 bits per heavy atom. The molecule has 0 aromatic heterocycles. The second kappa shape index (κ2) is 10.5. The van der Waals surface area contributed by atoms with Crippen molar-refractivity contribution in [3.05, 3.63) is 35.9 Å². The highest BCUT2D eigenvalue weighted by Crippen LogP contribution is 2.17. The molecular formula is C19H29F3N4O. The molecule has 2 rings (SSSR count). The molecular weight excluding hydrogens is 357 g/mol. The summed E-state index contributed by atoms with van der Waals surface area (Å²) in [6.45, 7) is 2.83. The molecule has 1 aromatic rings. The number of nitrogens with one attached hydrogen (secondary N) is 1. The van der Waals surface area contributed by atoms with Gasteiger partial charge in [0, 0.05) is 39.1 Å². The SMILES string of the molecule is CN=C(NCCN(C)CC(F)(F)F)N1CCC(COCc2ccccc2)C1. The molecule has 1 aliphatic heterocycles. The number of rotatable bonds is 8. The number of hydrogen-bond acceptors (Lipinski definition) is 3. The largest absolute Gasteiger partial charge is 0.401 e. The molecule has 5 nitrogen and oxygen atoms in total. The van der Waals surface area contributed by atoms with Crippen LogP contribution >= 0.6 is 0 Å². The van der Waals surface area contributed by atoms with Gasteiger partial charge in [-0.05, 0) is 19.0 Å². The Labute approximate surface area is 159 Å². The maximum Gasteiger partial charge on any atom is 0.401 e. The van der Waals surface area contributed by atoms with E-state index in [-0.39, 0.29) is 0 Å². The predicted molar refractivity (Wildman–Crippen MR) is 101 cm³/mol. The molecule has 1 fully saturated rings. The minimum Gasteiger partial charge on any atom is -0.376 e. The van der Waals surface area contributed by atoms with Gasteiger partial charge in [-0.15, -0.1) is 0 Å². The smallest absolute Gasteiger partial charge is 0.376 e. The van der Waals surface area contributed by atoms with Gasteiger partial charge in [0.1, 0.15) is 0 Å². The number of hydrogen-bond donors (Lipinski definition) is 1. The molecule has 0 spiro atoms. The molecule has 0 bridgehead atoms. The van der Waals surface area contributed by atoms with Gasteiger partial charge in [0.05, 0.1) is 19.8 Å². The standard InChI is InChI=1S/C19H29F3N4O/c1-23-18(24-9-11-25(2)15-19(20,21)22)26-10-8-17(12-26)14-27-13-16-6-4-3-5-7-16/h3-7,17H,8-15H2,1-2H3,(H,23,24). The van der Waals surface area contributed by atoms with Crippen LogP contribution in [0.1, 0.15) is 12.0 Å². The lowest BCUT2D eigenvalue weighted by Gasteiger charge is -2.23. The average Bonchev–Trinajstić information content (AvgIpc) is 3.07.